The first kappa shape index (κ1) is 9.32. The summed E-state index contributed by atoms with van der Waals surface area (Å²) in [6, 6.07) is 3.41. The number of methoxy groups -OCH3 is 1. The second-order valence-corrected chi connectivity index (χ2v) is 2.65. The van der Waals surface area contributed by atoms with Gasteiger partial charge in [0.05, 0.1) is 7.11 Å². The molecule has 15 heavy (non-hydrogen) atoms. The van der Waals surface area contributed by atoms with Crippen LogP contribution in [0.4, 0.5) is 0 Å². The largest absolute Gasteiger partial charge is 0.463 e. The van der Waals surface area contributed by atoms with Gasteiger partial charge in [0.25, 0.3) is 11.7 Å². The number of pyridine rings is 1. The molecule has 0 saturated heterocycles. The number of esters is 1. The maximum Gasteiger partial charge on any atom is 0.379 e. The number of carbonyl (C=O) groups is 1. The van der Waals surface area contributed by atoms with Crippen molar-refractivity contribution in [3.8, 4) is 11.5 Å². The fraction of sp³-hybridized carbons (Fsp3) is 0.111. The summed E-state index contributed by atoms with van der Waals surface area (Å²) in [6.07, 6.45) is 3.19. The number of ether oxygens (including phenoxy) is 1. The van der Waals surface area contributed by atoms with Crippen molar-refractivity contribution < 1.29 is 14.1 Å². The maximum absolute atomic E-state index is 11.0. The minimum Gasteiger partial charge on any atom is -0.463 e. The van der Waals surface area contributed by atoms with Gasteiger partial charge in [-0.05, 0) is 17.3 Å². The molecule has 2 heterocycles. The van der Waals surface area contributed by atoms with Gasteiger partial charge in [0.15, 0.2) is 0 Å². The molecule has 0 bridgehead atoms. The SMILES string of the molecule is COC(=O)c1noc(-c2ccncc2)n1. The lowest BCUT2D eigenvalue weighted by Gasteiger charge is -1.90. The minimum atomic E-state index is -0.626. The number of hydrogen-bond donors (Lipinski definition) is 0. The van der Waals surface area contributed by atoms with Crippen LogP contribution in [0.1, 0.15) is 10.6 Å². The van der Waals surface area contributed by atoms with Gasteiger partial charge in [-0.25, -0.2) is 4.79 Å². The summed E-state index contributed by atoms with van der Waals surface area (Å²) in [6.45, 7) is 0. The predicted molar refractivity (Wildman–Crippen MR) is 48.9 cm³/mol. The number of nitrogens with zero attached hydrogens (tertiary/aromatic N) is 3. The Bertz CT molecular complexity index is 466. The molecular weight excluding hydrogens is 198 g/mol. The Morgan fingerprint density at radius 3 is 2.80 bits per heavy atom. The van der Waals surface area contributed by atoms with Crippen molar-refractivity contribution in [1.29, 1.82) is 0 Å². The first-order valence-corrected chi connectivity index (χ1v) is 4.13. The number of carbonyl (C=O) groups excluding carboxylic acids is 1. The summed E-state index contributed by atoms with van der Waals surface area (Å²) in [4.78, 5) is 18.8. The topological polar surface area (TPSA) is 78.1 Å². The van der Waals surface area contributed by atoms with Gasteiger partial charge in [-0.1, -0.05) is 0 Å². The molecule has 0 aliphatic heterocycles. The Hall–Kier alpha value is -2.24. The van der Waals surface area contributed by atoms with E-state index in [1.54, 1.807) is 24.5 Å². The third-order valence-electron chi connectivity index (χ3n) is 1.72. The molecule has 0 unspecified atom stereocenters. The summed E-state index contributed by atoms with van der Waals surface area (Å²) in [5, 5.41) is 3.48. The van der Waals surface area contributed by atoms with E-state index < -0.39 is 5.97 Å². The molecule has 0 atom stereocenters. The van der Waals surface area contributed by atoms with Crippen LogP contribution in [-0.4, -0.2) is 28.2 Å². The Morgan fingerprint density at radius 2 is 2.13 bits per heavy atom. The fourth-order valence-electron chi connectivity index (χ4n) is 1.01. The lowest BCUT2D eigenvalue weighted by molar-refractivity contribution is 0.0583. The zero-order valence-corrected chi connectivity index (χ0v) is 7.88. The monoisotopic (exact) mass is 205 g/mol. The van der Waals surface area contributed by atoms with E-state index in [2.05, 4.69) is 19.9 Å². The van der Waals surface area contributed by atoms with E-state index in [1.165, 1.54) is 7.11 Å². The summed E-state index contributed by atoms with van der Waals surface area (Å²) in [5.41, 5.74) is 0.702. The Labute approximate surface area is 84.9 Å². The quantitative estimate of drug-likeness (QED) is 0.678. The van der Waals surface area contributed by atoms with Crippen LogP contribution in [0.2, 0.25) is 0 Å². The molecule has 6 heteroatoms. The predicted octanol–water partition coefficient (Wildman–Crippen LogP) is 0.918. The van der Waals surface area contributed by atoms with E-state index in [0.29, 0.717) is 5.56 Å². The van der Waals surface area contributed by atoms with Crippen molar-refractivity contribution in [2.24, 2.45) is 0 Å². The van der Waals surface area contributed by atoms with Gasteiger partial charge in [0, 0.05) is 18.0 Å². The average molecular weight is 205 g/mol. The van der Waals surface area contributed by atoms with Crippen molar-refractivity contribution in [2.75, 3.05) is 7.11 Å². The highest BCUT2D eigenvalue weighted by atomic mass is 16.5. The molecule has 0 aliphatic rings. The van der Waals surface area contributed by atoms with Crippen LogP contribution in [0.5, 0.6) is 0 Å². The fourth-order valence-corrected chi connectivity index (χ4v) is 1.01. The molecule has 0 N–H and O–H groups in total. The summed E-state index contributed by atoms with van der Waals surface area (Å²) < 4.78 is 9.33. The molecule has 0 amide bonds. The van der Waals surface area contributed by atoms with E-state index in [4.69, 9.17) is 4.52 Å². The third-order valence-corrected chi connectivity index (χ3v) is 1.72. The Kier molecular flexibility index (Phi) is 2.40. The van der Waals surface area contributed by atoms with E-state index >= 15 is 0 Å². The number of hydrogen-bond acceptors (Lipinski definition) is 6. The van der Waals surface area contributed by atoms with Gasteiger partial charge in [0.2, 0.25) is 0 Å². The van der Waals surface area contributed by atoms with Crippen LogP contribution in [-0.2, 0) is 4.74 Å². The molecule has 0 radical (unpaired) electrons. The molecular formula is C9H7N3O3. The van der Waals surface area contributed by atoms with Crippen molar-refractivity contribution in [3.05, 3.63) is 30.4 Å². The highest BCUT2D eigenvalue weighted by molar-refractivity contribution is 5.85. The van der Waals surface area contributed by atoms with Crippen LogP contribution in [0, 0.1) is 0 Å². The van der Waals surface area contributed by atoms with Gasteiger partial charge >= 0.3 is 5.97 Å². The Balaban J connectivity index is 2.32. The van der Waals surface area contributed by atoms with Gasteiger partial charge in [-0.2, -0.15) is 4.98 Å². The van der Waals surface area contributed by atoms with E-state index in [1.807, 2.05) is 0 Å². The second-order valence-electron chi connectivity index (χ2n) is 2.65. The summed E-state index contributed by atoms with van der Waals surface area (Å²) >= 11 is 0. The lowest BCUT2D eigenvalue weighted by Crippen LogP contribution is -2.03. The van der Waals surface area contributed by atoms with E-state index in [0.717, 1.165) is 0 Å². The van der Waals surface area contributed by atoms with E-state index in [9.17, 15) is 4.79 Å². The zero-order valence-electron chi connectivity index (χ0n) is 7.88. The standard InChI is InChI=1S/C9H7N3O3/c1-14-9(13)7-11-8(15-12-7)6-2-4-10-5-3-6/h2-5H,1H3. The van der Waals surface area contributed by atoms with Crippen LogP contribution >= 0.6 is 0 Å². The molecule has 0 spiro atoms. The maximum atomic E-state index is 11.0. The first-order chi connectivity index (χ1) is 7.31. The molecule has 2 aromatic heterocycles. The molecule has 76 valence electrons. The Morgan fingerprint density at radius 1 is 1.40 bits per heavy atom. The second kappa shape index (κ2) is 3.87. The summed E-state index contributed by atoms with van der Waals surface area (Å²) in [5.74, 6) is -0.457. The summed E-state index contributed by atoms with van der Waals surface area (Å²) in [7, 11) is 1.25. The van der Waals surface area contributed by atoms with Crippen molar-refractivity contribution >= 4 is 5.97 Å². The van der Waals surface area contributed by atoms with Crippen LogP contribution in [0.15, 0.2) is 29.0 Å². The molecule has 6 nitrogen and oxygen atoms in total. The van der Waals surface area contributed by atoms with Crippen molar-refractivity contribution in [1.82, 2.24) is 15.1 Å². The minimum absolute atomic E-state index is 0.0932. The van der Waals surface area contributed by atoms with E-state index in [-0.39, 0.29) is 11.7 Å². The van der Waals surface area contributed by atoms with Crippen LogP contribution < -0.4 is 0 Å². The number of aromatic nitrogens is 3. The molecule has 0 fully saturated rings. The van der Waals surface area contributed by atoms with Crippen LogP contribution in [0.25, 0.3) is 11.5 Å². The van der Waals surface area contributed by atoms with Crippen molar-refractivity contribution in [3.63, 3.8) is 0 Å². The van der Waals surface area contributed by atoms with Gasteiger partial charge in [-0.3, -0.25) is 4.98 Å². The first-order valence-electron chi connectivity index (χ1n) is 4.13. The molecule has 0 aromatic carbocycles. The zero-order chi connectivity index (χ0) is 10.7. The number of rotatable bonds is 2. The smallest absolute Gasteiger partial charge is 0.379 e. The van der Waals surface area contributed by atoms with Crippen LogP contribution in [0.3, 0.4) is 0 Å². The molecule has 2 rings (SSSR count). The molecule has 0 saturated carbocycles. The third kappa shape index (κ3) is 1.83. The van der Waals surface area contributed by atoms with Crippen molar-refractivity contribution in [2.45, 2.75) is 0 Å². The molecule has 2 aromatic rings. The molecule has 0 aliphatic carbocycles. The van der Waals surface area contributed by atoms with Gasteiger partial charge in [-0.15, -0.1) is 0 Å². The lowest BCUT2D eigenvalue weighted by atomic mass is 10.3. The van der Waals surface area contributed by atoms with Gasteiger partial charge < -0.3 is 9.26 Å². The van der Waals surface area contributed by atoms with Gasteiger partial charge in [0.1, 0.15) is 0 Å². The average Bonchev–Trinajstić information content (AvgIpc) is 2.78. The normalized spacial score (nSPS) is 9.93. The highest BCUT2D eigenvalue weighted by Gasteiger charge is 2.15. The highest BCUT2D eigenvalue weighted by Crippen LogP contribution is 2.15.